The quantitative estimate of drug-likeness (QED) is 0.465. The first-order valence-electron chi connectivity index (χ1n) is 8.88. The van der Waals surface area contributed by atoms with Crippen molar-refractivity contribution in [3.63, 3.8) is 0 Å². The number of aromatic nitrogens is 4. The maximum atomic E-state index is 12.2. The Morgan fingerprint density at radius 1 is 1.04 bits per heavy atom. The SMILES string of the molecule is CCc1ccc(-c2noc(Cn3nc(-c4cccc(Br)c4)ccc3=O)n2)cc1. The van der Waals surface area contributed by atoms with E-state index in [2.05, 4.69) is 38.1 Å². The van der Waals surface area contributed by atoms with E-state index in [-0.39, 0.29) is 12.1 Å². The molecule has 2 aromatic heterocycles. The molecule has 2 aromatic carbocycles. The summed E-state index contributed by atoms with van der Waals surface area (Å²) in [6.07, 6.45) is 0.973. The van der Waals surface area contributed by atoms with Gasteiger partial charge in [-0.3, -0.25) is 4.79 Å². The summed E-state index contributed by atoms with van der Waals surface area (Å²) in [7, 11) is 0. The second kappa shape index (κ2) is 7.90. The molecule has 0 bridgehead atoms. The van der Waals surface area contributed by atoms with Gasteiger partial charge in [0.05, 0.1) is 5.69 Å². The lowest BCUT2D eigenvalue weighted by atomic mass is 10.1. The highest BCUT2D eigenvalue weighted by molar-refractivity contribution is 9.10. The standard InChI is InChI=1S/C21H17BrN4O2/c1-2-14-6-8-15(9-7-14)21-23-19(28-25-21)13-26-20(27)11-10-18(24-26)16-4-3-5-17(22)12-16/h3-12H,2,13H2,1H3. The van der Waals surface area contributed by atoms with Crippen LogP contribution in [0.15, 0.2) is 74.5 Å². The molecule has 7 heteroatoms. The fraction of sp³-hybridized carbons (Fsp3) is 0.143. The number of hydrogen-bond donors (Lipinski definition) is 0. The summed E-state index contributed by atoms with van der Waals surface area (Å²) in [5.41, 5.74) is 3.48. The van der Waals surface area contributed by atoms with Gasteiger partial charge in [0.2, 0.25) is 11.7 Å². The topological polar surface area (TPSA) is 73.8 Å². The van der Waals surface area contributed by atoms with Crippen LogP contribution in [0, 0.1) is 0 Å². The molecule has 2 heterocycles. The molecule has 0 saturated carbocycles. The zero-order valence-electron chi connectivity index (χ0n) is 15.2. The van der Waals surface area contributed by atoms with Crippen LogP contribution in [0.5, 0.6) is 0 Å². The van der Waals surface area contributed by atoms with E-state index in [0.29, 0.717) is 17.4 Å². The molecule has 0 aliphatic rings. The first-order valence-corrected chi connectivity index (χ1v) is 9.67. The fourth-order valence-electron chi connectivity index (χ4n) is 2.82. The minimum Gasteiger partial charge on any atom is -0.337 e. The average molecular weight is 437 g/mol. The Morgan fingerprint density at radius 3 is 2.61 bits per heavy atom. The maximum absolute atomic E-state index is 12.2. The highest BCUT2D eigenvalue weighted by Gasteiger charge is 2.11. The van der Waals surface area contributed by atoms with Gasteiger partial charge in [0.25, 0.3) is 5.56 Å². The minimum absolute atomic E-state index is 0.112. The van der Waals surface area contributed by atoms with Crippen molar-refractivity contribution < 1.29 is 4.52 Å². The highest BCUT2D eigenvalue weighted by Crippen LogP contribution is 2.20. The number of halogens is 1. The molecule has 0 N–H and O–H groups in total. The first-order chi connectivity index (χ1) is 13.6. The molecule has 28 heavy (non-hydrogen) atoms. The molecule has 4 aromatic rings. The van der Waals surface area contributed by atoms with Crippen molar-refractivity contribution in [2.24, 2.45) is 0 Å². The predicted octanol–water partition coefficient (Wildman–Crippen LogP) is 4.33. The number of benzene rings is 2. The van der Waals surface area contributed by atoms with Gasteiger partial charge < -0.3 is 4.52 Å². The van der Waals surface area contributed by atoms with Crippen molar-refractivity contribution in [1.82, 2.24) is 19.9 Å². The van der Waals surface area contributed by atoms with E-state index in [1.54, 1.807) is 6.07 Å². The number of nitrogens with zero attached hydrogens (tertiary/aromatic N) is 4. The highest BCUT2D eigenvalue weighted by atomic mass is 79.9. The van der Waals surface area contributed by atoms with Crippen LogP contribution in [0.25, 0.3) is 22.6 Å². The van der Waals surface area contributed by atoms with Gasteiger partial charge in [-0.25, -0.2) is 4.68 Å². The maximum Gasteiger partial charge on any atom is 0.267 e. The lowest BCUT2D eigenvalue weighted by Gasteiger charge is -2.05. The van der Waals surface area contributed by atoms with Crippen LogP contribution in [0.2, 0.25) is 0 Å². The lowest BCUT2D eigenvalue weighted by Crippen LogP contribution is -2.23. The Labute approximate surface area is 170 Å². The van der Waals surface area contributed by atoms with Crippen LogP contribution in [0.3, 0.4) is 0 Å². The van der Waals surface area contributed by atoms with Gasteiger partial charge in [-0.2, -0.15) is 10.1 Å². The molecule has 140 valence electrons. The molecular weight excluding hydrogens is 420 g/mol. The van der Waals surface area contributed by atoms with E-state index in [0.717, 1.165) is 22.0 Å². The van der Waals surface area contributed by atoms with Gasteiger partial charge in [0, 0.05) is 21.7 Å². The minimum atomic E-state index is -0.231. The molecule has 6 nitrogen and oxygen atoms in total. The summed E-state index contributed by atoms with van der Waals surface area (Å²) in [6, 6.07) is 18.9. The monoisotopic (exact) mass is 436 g/mol. The van der Waals surface area contributed by atoms with Crippen LogP contribution in [0.4, 0.5) is 0 Å². The van der Waals surface area contributed by atoms with Gasteiger partial charge in [-0.15, -0.1) is 0 Å². The van der Waals surface area contributed by atoms with E-state index in [1.165, 1.54) is 16.3 Å². The van der Waals surface area contributed by atoms with Gasteiger partial charge >= 0.3 is 0 Å². The molecule has 0 saturated heterocycles. The molecule has 0 amide bonds. The van der Waals surface area contributed by atoms with Crippen molar-refractivity contribution in [3.8, 4) is 22.6 Å². The van der Waals surface area contributed by atoms with Crippen molar-refractivity contribution in [2.45, 2.75) is 19.9 Å². The smallest absolute Gasteiger partial charge is 0.267 e. The van der Waals surface area contributed by atoms with Gasteiger partial charge in [-0.1, -0.05) is 64.4 Å². The molecule has 0 aliphatic carbocycles. The average Bonchev–Trinajstić information content (AvgIpc) is 3.18. The molecule has 0 fully saturated rings. The Balaban J connectivity index is 1.60. The first kappa shape index (κ1) is 18.3. The van der Waals surface area contributed by atoms with Crippen molar-refractivity contribution in [1.29, 1.82) is 0 Å². The van der Waals surface area contributed by atoms with E-state index in [4.69, 9.17) is 4.52 Å². The summed E-state index contributed by atoms with van der Waals surface area (Å²) in [5.74, 6) is 0.824. The van der Waals surface area contributed by atoms with E-state index >= 15 is 0 Å². The second-order valence-electron chi connectivity index (χ2n) is 6.29. The predicted molar refractivity (Wildman–Crippen MR) is 110 cm³/mol. The van der Waals surface area contributed by atoms with Crippen molar-refractivity contribution in [2.75, 3.05) is 0 Å². The molecule has 0 aliphatic heterocycles. The number of aryl methyl sites for hydroxylation is 1. The zero-order chi connectivity index (χ0) is 19.5. The number of rotatable bonds is 5. The Hall–Kier alpha value is -3.06. The zero-order valence-corrected chi connectivity index (χ0v) is 16.8. The van der Waals surface area contributed by atoms with Crippen LogP contribution >= 0.6 is 15.9 Å². The Bertz CT molecular complexity index is 1170. The normalized spacial score (nSPS) is 10.9. The summed E-state index contributed by atoms with van der Waals surface area (Å²) in [5, 5.41) is 8.46. The molecule has 0 radical (unpaired) electrons. The Kier molecular flexibility index (Phi) is 5.16. The molecule has 0 unspecified atom stereocenters. The van der Waals surface area contributed by atoms with Gasteiger partial charge in [0.1, 0.15) is 6.54 Å². The van der Waals surface area contributed by atoms with Crippen LogP contribution in [0.1, 0.15) is 18.4 Å². The van der Waals surface area contributed by atoms with E-state index in [9.17, 15) is 4.79 Å². The lowest BCUT2D eigenvalue weighted by molar-refractivity contribution is 0.363. The molecule has 4 rings (SSSR count). The summed E-state index contributed by atoms with van der Waals surface area (Å²) in [4.78, 5) is 16.6. The van der Waals surface area contributed by atoms with Gasteiger partial charge in [0.15, 0.2) is 0 Å². The van der Waals surface area contributed by atoms with E-state index in [1.807, 2.05) is 48.5 Å². The van der Waals surface area contributed by atoms with Crippen molar-refractivity contribution >= 4 is 15.9 Å². The largest absolute Gasteiger partial charge is 0.337 e. The third-order valence-corrected chi connectivity index (χ3v) is 4.85. The van der Waals surface area contributed by atoms with Gasteiger partial charge in [-0.05, 0) is 30.2 Å². The van der Waals surface area contributed by atoms with Crippen LogP contribution < -0.4 is 5.56 Å². The third kappa shape index (κ3) is 3.94. The molecular formula is C21H17BrN4O2. The second-order valence-corrected chi connectivity index (χ2v) is 7.20. The van der Waals surface area contributed by atoms with Crippen LogP contribution in [-0.4, -0.2) is 19.9 Å². The molecule has 0 atom stereocenters. The fourth-order valence-corrected chi connectivity index (χ4v) is 3.22. The van der Waals surface area contributed by atoms with E-state index < -0.39 is 0 Å². The number of hydrogen-bond acceptors (Lipinski definition) is 5. The summed E-state index contributed by atoms with van der Waals surface area (Å²) in [6.45, 7) is 2.22. The molecule has 0 spiro atoms. The Morgan fingerprint density at radius 2 is 1.86 bits per heavy atom. The van der Waals surface area contributed by atoms with Crippen LogP contribution in [-0.2, 0) is 13.0 Å². The summed E-state index contributed by atoms with van der Waals surface area (Å²) < 4.78 is 7.60. The summed E-state index contributed by atoms with van der Waals surface area (Å²) >= 11 is 3.45. The third-order valence-electron chi connectivity index (χ3n) is 4.36. The van der Waals surface area contributed by atoms with Crippen molar-refractivity contribution in [3.05, 3.63) is 86.9 Å².